The third-order valence-electron chi connectivity index (χ3n) is 6.16. The van der Waals surface area contributed by atoms with Gasteiger partial charge in [0.15, 0.2) is 5.78 Å². The van der Waals surface area contributed by atoms with Crippen LogP contribution in [-0.4, -0.2) is 21.5 Å². The summed E-state index contributed by atoms with van der Waals surface area (Å²) in [6.45, 7) is 5.46. The van der Waals surface area contributed by atoms with Crippen molar-refractivity contribution in [2.75, 3.05) is 0 Å². The molecule has 5 heteroatoms. The molecule has 0 radical (unpaired) electrons. The molecule has 0 unspecified atom stereocenters. The third kappa shape index (κ3) is 2.40. The van der Waals surface area contributed by atoms with Crippen molar-refractivity contribution >= 4 is 11.7 Å². The van der Waals surface area contributed by atoms with Gasteiger partial charge in [0.1, 0.15) is 6.07 Å². The summed E-state index contributed by atoms with van der Waals surface area (Å²) in [7, 11) is 0. The molecule has 3 atom stereocenters. The Kier molecular flexibility index (Phi) is 3.88. The zero-order valence-electron chi connectivity index (χ0n) is 15.7. The fraction of sp³-hybridized carbons (Fsp3) is 0.364. The molecule has 0 saturated heterocycles. The number of aromatic nitrogens is 2. The zero-order valence-corrected chi connectivity index (χ0v) is 15.7. The molecule has 4 rings (SSSR count). The van der Waals surface area contributed by atoms with E-state index in [1.807, 2.05) is 44.2 Å². The predicted octanol–water partition coefficient (Wildman–Crippen LogP) is 3.70. The lowest BCUT2D eigenvalue weighted by molar-refractivity contribution is -0.121. The summed E-state index contributed by atoms with van der Waals surface area (Å²) in [5, 5.41) is 14.2. The number of ketones is 1. The van der Waals surface area contributed by atoms with E-state index >= 15 is 0 Å². The number of benzene rings is 1. The summed E-state index contributed by atoms with van der Waals surface area (Å²) in [6.07, 6.45) is 3.37. The molecule has 2 aliphatic carbocycles. The topological polar surface area (TPSA) is 75.8 Å². The first kappa shape index (κ1) is 17.4. The van der Waals surface area contributed by atoms with Gasteiger partial charge in [-0.2, -0.15) is 15.0 Å². The van der Waals surface area contributed by atoms with Crippen molar-refractivity contribution in [1.82, 2.24) is 9.78 Å². The summed E-state index contributed by atoms with van der Waals surface area (Å²) < 4.78 is 1.48. The quantitative estimate of drug-likeness (QED) is 0.778. The van der Waals surface area contributed by atoms with Gasteiger partial charge in [-0.1, -0.05) is 50.3 Å². The normalized spacial score (nSPS) is 26.6. The van der Waals surface area contributed by atoms with E-state index in [2.05, 4.69) is 6.07 Å². The lowest BCUT2D eigenvalue weighted by Gasteiger charge is -2.44. The van der Waals surface area contributed by atoms with Crippen LogP contribution in [0.1, 0.15) is 43.2 Å². The summed E-state index contributed by atoms with van der Waals surface area (Å²) in [5.74, 6) is -0.385. The summed E-state index contributed by atoms with van der Waals surface area (Å²) in [5.41, 5.74) is 3.32. The van der Waals surface area contributed by atoms with Gasteiger partial charge in [-0.25, -0.2) is 0 Å². The van der Waals surface area contributed by atoms with Crippen LogP contribution in [0.4, 0.5) is 0 Å². The number of carbonyl (C=O) groups is 2. The summed E-state index contributed by atoms with van der Waals surface area (Å²) in [6, 6.07) is 11.9. The Bertz CT molecular complexity index is 1030. The molecular weight excluding hydrogens is 338 g/mol. The summed E-state index contributed by atoms with van der Waals surface area (Å²) >= 11 is 0. The number of hydrogen-bond acceptors (Lipinski definition) is 4. The lowest BCUT2D eigenvalue weighted by atomic mass is 9.58. The zero-order chi connectivity index (χ0) is 19.3. The fourth-order valence-corrected chi connectivity index (χ4v) is 4.85. The van der Waals surface area contributed by atoms with Crippen LogP contribution in [0, 0.1) is 23.2 Å². The Balaban J connectivity index is 2.00. The van der Waals surface area contributed by atoms with Crippen LogP contribution < -0.4 is 0 Å². The maximum atomic E-state index is 12.5. The summed E-state index contributed by atoms with van der Waals surface area (Å²) in [4.78, 5) is 24.8. The number of rotatable bonds is 1. The monoisotopic (exact) mass is 359 g/mol. The van der Waals surface area contributed by atoms with Gasteiger partial charge in [0.25, 0.3) is 0 Å². The second-order valence-corrected chi connectivity index (χ2v) is 7.72. The molecule has 0 N–H and O–H groups in total. The minimum atomic E-state index is -0.532. The number of hydrogen-bond donors (Lipinski definition) is 0. The van der Waals surface area contributed by atoms with Crippen LogP contribution in [0.15, 0.2) is 42.0 Å². The van der Waals surface area contributed by atoms with Crippen LogP contribution in [0.2, 0.25) is 0 Å². The number of fused-ring (bicyclic) bond motifs is 3. The van der Waals surface area contributed by atoms with Crippen molar-refractivity contribution in [3.8, 4) is 17.3 Å². The first-order valence-electron chi connectivity index (χ1n) is 9.24. The van der Waals surface area contributed by atoms with E-state index in [1.165, 1.54) is 11.6 Å². The molecule has 2 aliphatic rings. The Hall–Kier alpha value is -3.00. The molecule has 0 bridgehead atoms. The molecule has 0 fully saturated rings. The Morgan fingerprint density at radius 3 is 2.67 bits per heavy atom. The smallest absolute Gasteiger partial charge is 0.244 e. The van der Waals surface area contributed by atoms with Gasteiger partial charge in [-0.3, -0.25) is 9.59 Å². The molecule has 1 aromatic heterocycles. The van der Waals surface area contributed by atoms with E-state index in [0.29, 0.717) is 0 Å². The standard InChI is InChI=1S/C22H21N3O2/c1-13-18-10-9-17-19(15-7-5-4-6-8-15)25(14(2)26)24-21(17)22(18,3)11-16(12-23)20(13)27/h4-8,11,13,18H,9-10H2,1-3H3/t13-,18-,22-/m0/s1. The van der Waals surface area contributed by atoms with Crippen molar-refractivity contribution in [1.29, 1.82) is 5.26 Å². The highest BCUT2D eigenvalue weighted by Crippen LogP contribution is 2.51. The van der Waals surface area contributed by atoms with Crippen molar-refractivity contribution in [2.24, 2.45) is 11.8 Å². The first-order chi connectivity index (χ1) is 12.9. The number of carbonyl (C=O) groups excluding carboxylic acids is 2. The molecule has 0 amide bonds. The van der Waals surface area contributed by atoms with Crippen molar-refractivity contribution in [3.05, 3.63) is 53.2 Å². The van der Waals surface area contributed by atoms with E-state index in [9.17, 15) is 14.9 Å². The highest BCUT2D eigenvalue weighted by Gasteiger charge is 2.50. The molecule has 0 spiro atoms. The van der Waals surface area contributed by atoms with Crippen molar-refractivity contribution in [3.63, 3.8) is 0 Å². The van der Waals surface area contributed by atoms with Gasteiger partial charge in [-0.05, 0) is 18.8 Å². The number of nitriles is 1. The number of allylic oxidation sites excluding steroid dienone is 2. The van der Waals surface area contributed by atoms with Crippen LogP contribution >= 0.6 is 0 Å². The highest BCUT2D eigenvalue weighted by molar-refractivity contribution is 6.02. The molecule has 2 aromatic rings. The molecule has 0 aliphatic heterocycles. The Labute approximate surface area is 158 Å². The molecule has 0 saturated carbocycles. The largest absolute Gasteiger partial charge is 0.293 e. The SMILES string of the molecule is CC(=O)n1nc2c(c1-c1ccccc1)CC[C@H]1[C@H](C)C(=O)C(C#N)=C[C@]21C. The van der Waals surface area contributed by atoms with Crippen LogP contribution in [0.3, 0.4) is 0 Å². The van der Waals surface area contributed by atoms with Gasteiger partial charge in [0, 0.05) is 29.4 Å². The minimum absolute atomic E-state index is 0.0773. The van der Waals surface area contributed by atoms with Crippen LogP contribution in [-0.2, 0) is 16.6 Å². The Morgan fingerprint density at radius 1 is 1.33 bits per heavy atom. The predicted molar refractivity (Wildman–Crippen MR) is 101 cm³/mol. The Morgan fingerprint density at radius 2 is 2.04 bits per heavy atom. The van der Waals surface area contributed by atoms with Gasteiger partial charge >= 0.3 is 0 Å². The minimum Gasteiger partial charge on any atom is -0.293 e. The van der Waals surface area contributed by atoms with Crippen LogP contribution in [0.5, 0.6) is 0 Å². The number of nitrogens with zero attached hydrogens (tertiary/aromatic N) is 3. The average Bonchev–Trinajstić information content (AvgIpc) is 3.07. The third-order valence-corrected chi connectivity index (χ3v) is 6.16. The van der Waals surface area contributed by atoms with Crippen molar-refractivity contribution < 1.29 is 9.59 Å². The van der Waals surface area contributed by atoms with Gasteiger partial charge in [0.2, 0.25) is 5.91 Å². The van der Waals surface area contributed by atoms with Gasteiger partial charge < -0.3 is 0 Å². The second kappa shape index (κ2) is 6.02. The molecule has 5 nitrogen and oxygen atoms in total. The lowest BCUT2D eigenvalue weighted by Crippen LogP contribution is -2.45. The maximum Gasteiger partial charge on any atom is 0.244 e. The van der Waals surface area contributed by atoms with E-state index in [0.717, 1.165) is 35.4 Å². The highest BCUT2D eigenvalue weighted by atomic mass is 16.2. The second-order valence-electron chi connectivity index (χ2n) is 7.72. The van der Waals surface area contributed by atoms with E-state index in [4.69, 9.17) is 5.10 Å². The van der Waals surface area contributed by atoms with Crippen molar-refractivity contribution in [2.45, 2.75) is 39.0 Å². The van der Waals surface area contributed by atoms with Gasteiger partial charge in [0.05, 0.1) is 17.0 Å². The molecule has 27 heavy (non-hydrogen) atoms. The van der Waals surface area contributed by atoms with Crippen LogP contribution in [0.25, 0.3) is 11.3 Å². The fourth-order valence-electron chi connectivity index (χ4n) is 4.85. The van der Waals surface area contributed by atoms with E-state index in [1.54, 1.807) is 6.08 Å². The average molecular weight is 359 g/mol. The maximum absolute atomic E-state index is 12.5. The number of Topliss-reactive ketones (excluding diaryl/α,β-unsaturated/α-hetero) is 1. The first-order valence-corrected chi connectivity index (χ1v) is 9.24. The van der Waals surface area contributed by atoms with E-state index in [-0.39, 0.29) is 29.1 Å². The molecular formula is C22H21N3O2. The van der Waals surface area contributed by atoms with E-state index < -0.39 is 5.41 Å². The molecule has 1 heterocycles. The molecule has 1 aromatic carbocycles. The van der Waals surface area contributed by atoms with Gasteiger partial charge in [-0.15, -0.1) is 0 Å². The molecule has 136 valence electrons.